The minimum Gasteiger partial charge on any atom is -0.379 e. The van der Waals surface area contributed by atoms with Gasteiger partial charge in [-0.15, -0.1) is 0 Å². The van der Waals surface area contributed by atoms with Gasteiger partial charge in [0.2, 0.25) is 0 Å². The number of hydrogen-bond acceptors (Lipinski definition) is 4. The van der Waals surface area contributed by atoms with Gasteiger partial charge in [0.15, 0.2) is 0 Å². The molecule has 0 spiro atoms. The molecule has 5 heteroatoms. The van der Waals surface area contributed by atoms with Crippen LogP contribution in [-0.2, 0) is 11.3 Å². The van der Waals surface area contributed by atoms with E-state index in [2.05, 4.69) is 16.3 Å². The summed E-state index contributed by atoms with van der Waals surface area (Å²) in [6, 6.07) is 6.33. The Balaban J connectivity index is 1.76. The van der Waals surface area contributed by atoms with E-state index in [1.807, 2.05) is 0 Å². The fraction of sp³-hybridized carbons (Fsp3) is 0.500. The fourth-order valence-corrected chi connectivity index (χ4v) is 2.10. The molecule has 0 aliphatic carbocycles. The first-order chi connectivity index (χ1) is 9.29. The van der Waals surface area contributed by atoms with E-state index in [-0.39, 0.29) is 5.82 Å². The lowest BCUT2D eigenvalue weighted by Crippen LogP contribution is -2.40. The molecule has 0 atom stereocenters. The Labute approximate surface area is 112 Å². The van der Waals surface area contributed by atoms with Gasteiger partial charge in [-0.05, 0) is 23.8 Å². The molecule has 2 rings (SSSR count). The molecule has 1 saturated heterocycles. The van der Waals surface area contributed by atoms with E-state index in [1.54, 1.807) is 0 Å². The Morgan fingerprint density at radius 1 is 1.37 bits per heavy atom. The van der Waals surface area contributed by atoms with Crippen LogP contribution in [-0.4, -0.2) is 44.3 Å². The molecular formula is C14H18FN3O. The first-order valence-electron chi connectivity index (χ1n) is 6.49. The van der Waals surface area contributed by atoms with E-state index in [0.29, 0.717) is 17.7 Å². The molecule has 1 aliphatic heterocycles. The average molecular weight is 263 g/mol. The number of morpholine rings is 1. The highest BCUT2D eigenvalue weighted by atomic mass is 19.1. The van der Waals surface area contributed by atoms with Gasteiger partial charge < -0.3 is 10.1 Å². The summed E-state index contributed by atoms with van der Waals surface area (Å²) in [6.07, 6.45) is 0. The Kier molecular flexibility index (Phi) is 5.28. The van der Waals surface area contributed by atoms with Crippen molar-refractivity contribution in [3.8, 4) is 6.07 Å². The van der Waals surface area contributed by atoms with E-state index < -0.39 is 0 Å². The Morgan fingerprint density at radius 3 is 2.89 bits per heavy atom. The van der Waals surface area contributed by atoms with Crippen LogP contribution >= 0.6 is 0 Å². The lowest BCUT2D eigenvalue weighted by Gasteiger charge is -2.26. The molecule has 0 aromatic heterocycles. The van der Waals surface area contributed by atoms with Crippen molar-refractivity contribution in [1.29, 1.82) is 5.26 Å². The van der Waals surface area contributed by atoms with Gasteiger partial charge in [-0.1, -0.05) is 0 Å². The van der Waals surface area contributed by atoms with E-state index in [9.17, 15) is 4.39 Å². The molecule has 0 amide bonds. The predicted molar refractivity (Wildman–Crippen MR) is 70.1 cm³/mol. The van der Waals surface area contributed by atoms with Crippen LogP contribution in [0.15, 0.2) is 18.2 Å². The summed E-state index contributed by atoms with van der Waals surface area (Å²) in [5.74, 6) is -0.302. The van der Waals surface area contributed by atoms with Gasteiger partial charge in [0.05, 0.1) is 24.8 Å². The molecule has 0 bridgehead atoms. The quantitative estimate of drug-likeness (QED) is 0.809. The van der Waals surface area contributed by atoms with Crippen molar-refractivity contribution >= 4 is 0 Å². The van der Waals surface area contributed by atoms with Crippen molar-refractivity contribution in [2.24, 2.45) is 0 Å². The van der Waals surface area contributed by atoms with E-state index in [1.165, 1.54) is 18.2 Å². The molecule has 102 valence electrons. The zero-order valence-corrected chi connectivity index (χ0v) is 10.9. The standard InChI is InChI=1S/C14H18FN3O/c15-14-2-1-12(10-16)13(9-14)11-17-3-4-18-5-7-19-8-6-18/h1-2,9,17H,3-8,11H2. The molecule has 0 saturated carbocycles. The van der Waals surface area contributed by atoms with Crippen LogP contribution in [0.2, 0.25) is 0 Å². The van der Waals surface area contributed by atoms with Crippen LogP contribution in [0.1, 0.15) is 11.1 Å². The van der Waals surface area contributed by atoms with Crippen molar-refractivity contribution < 1.29 is 9.13 Å². The number of hydrogen-bond donors (Lipinski definition) is 1. The molecule has 19 heavy (non-hydrogen) atoms. The van der Waals surface area contributed by atoms with Gasteiger partial charge >= 0.3 is 0 Å². The van der Waals surface area contributed by atoms with Crippen molar-refractivity contribution in [1.82, 2.24) is 10.2 Å². The highest BCUT2D eigenvalue weighted by molar-refractivity contribution is 5.37. The van der Waals surface area contributed by atoms with Crippen molar-refractivity contribution in [2.45, 2.75) is 6.54 Å². The Morgan fingerprint density at radius 2 is 2.16 bits per heavy atom. The maximum Gasteiger partial charge on any atom is 0.123 e. The lowest BCUT2D eigenvalue weighted by molar-refractivity contribution is 0.0384. The fourth-order valence-electron chi connectivity index (χ4n) is 2.10. The second-order valence-electron chi connectivity index (χ2n) is 4.54. The smallest absolute Gasteiger partial charge is 0.123 e. The van der Waals surface area contributed by atoms with Crippen LogP contribution in [0.3, 0.4) is 0 Å². The monoisotopic (exact) mass is 263 g/mol. The third-order valence-electron chi connectivity index (χ3n) is 3.21. The second-order valence-corrected chi connectivity index (χ2v) is 4.54. The maximum absolute atomic E-state index is 13.1. The molecule has 0 unspecified atom stereocenters. The molecule has 1 aliphatic rings. The summed E-state index contributed by atoms with van der Waals surface area (Å²) in [6.45, 7) is 5.80. The molecule has 4 nitrogen and oxygen atoms in total. The SMILES string of the molecule is N#Cc1ccc(F)cc1CNCCN1CCOCC1. The van der Waals surface area contributed by atoms with E-state index in [4.69, 9.17) is 10.00 Å². The molecule has 1 fully saturated rings. The normalized spacial score (nSPS) is 16.2. The number of nitrogens with zero attached hydrogens (tertiary/aromatic N) is 2. The number of ether oxygens (including phenoxy) is 1. The molecule has 1 aromatic rings. The molecular weight excluding hydrogens is 245 g/mol. The number of halogens is 1. The van der Waals surface area contributed by atoms with Gasteiger partial charge in [-0.2, -0.15) is 5.26 Å². The van der Waals surface area contributed by atoms with Crippen LogP contribution in [0.4, 0.5) is 4.39 Å². The zero-order valence-electron chi connectivity index (χ0n) is 10.9. The summed E-state index contributed by atoms with van der Waals surface area (Å²) in [5, 5.41) is 12.2. The van der Waals surface area contributed by atoms with E-state index >= 15 is 0 Å². The molecule has 1 N–H and O–H groups in total. The third kappa shape index (κ3) is 4.28. The van der Waals surface area contributed by atoms with Crippen molar-refractivity contribution in [2.75, 3.05) is 39.4 Å². The first kappa shape index (κ1) is 13.9. The van der Waals surface area contributed by atoms with Gasteiger partial charge in [-0.25, -0.2) is 4.39 Å². The van der Waals surface area contributed by atoms with Gasteiger partial charge in [0.1, 0.15) is 5.82 Å². The summed E-state index contributed by atoms with van der Waals surface area (Å²) < 4.78 is 18.4. The number of benzene rings is 1. The predicted octanol–water partition coefficient (Wildman–Crippen LogP) is 1.12. The minimum absolute atomic E-state index is 0.302. The number of nitrogens with one attached hydrogen (secondary N) is 1. The van der Waals surface area contributed by atoms with Crippen molar-refractivity contribution in [3.63, 3.8) is 0 Å². The highest BCUT2D eigenvalue weighted by Gasteiger charge is 2.09. The number of nitriles is 1. The minimum atomic E-state index is -0.302. The molecule has 0 radical (unpaired) electrons. The zero-order chi connectivity index (χ0) is 13.5. The van der Waals surface area contributed by atoms with Gasteiger partial charge in [0, 0.05) is 32.7 Å². The first-order valence-corrected chi connectivity index (χ1v) is 6.49. The lowest BCUT2D eigenvalue weighted by atomic mass is 10.1. The van der Waals surface area contributed by atoms with Gasteiger partial charge in [-0.3, -0.25) is 4.90 Å². The summed E-state index contributed by atoms with van der Waals surface area (Å²) in [5.41, 5.74) is 1.24. The van der Waals surface area contributed by atoms with Crippen LogP contribution < -0.4 is 5.32 Å². The molecule has 1 aromatic carbocycles. The Bertz CT molecular complexity index is 452. The average Bonchev–Trinajstić information content (AvgIpc) is 2.45. The van der Waals surface area contributed by atoms with Crippen LogP contribution in [0.5, 0.6) is 0 Å². The number of rotatable bonds is 5. The largest absolute Gasteiger partial charge is 0.379 e. The second kappa shape index (κ2) is 7.19. The van der Waals surface area contributed by atoms with Crippen molar-refractivity contribution in [3.05, 3.63) is 35.1 Å². The summed E-state index contributed by atoms with van der Waals surface area (Å²) in [4.78, 5) is 2.33. The van der Waals surface area contributed by atoms with E-state index in [0.717, 1.165) is 39.4 Å². The summed E-state index contributed by atoms with van der Waals surface area (Å²) in [7, 11) is 0. The van der Waals surface area contributed by atoms with Crippen LogP contribution in [0.25, 0.3) is 0 Å². The Hall–Kier alpha value is -1.48. The molecule has 1 heterocycles. The maximum atomic E-state index is 13.1. The highest BCUT2D eigenvalue weighted by Crippen LogP contribution is 2.10. The summed E-state index contributed by atoms with van der Waals surface area (Å²) >= 11 is 0. The van der Waals surface area contributed by atoms with Crippen LogP contribution in [0, 0.1) is 17.1 Å². The van der Waals surface area contributed by atoms with Gasteiger partial charge in [0.25, 0.3) is 0 Å². The topological polar surface area (TPSA) is 48.3 Å². The third-order valence-corrected chi connectivity index (χ3v) is 3.21.